The van der Waals surface area contributed by atoms with Crippen LogP contribution < -0.4 is 0 Å². The molecule has 0 aliphatic rings. The van der Waals surface area contributed by atoms with Gasteiger partial charge in [0.2, 0.25) is 0 Å². The lowest BCUT2D eigenvalue weighted by molar-refractivity contribution is 1.000. The standard InChI is InChI=1S/C14H10ClN5/c1-8-9(2)20-13(18-19-14(20)12(15)17-8)11-5-3-4-10(6-11)7-16/h3-6H,1-2H3. The smallest absolute Gasteiger partial charge is 0.199 e. The van der Waals surface area contributed by atoms with Gasteiger partial charge in [0.15, 0.2) is 16.6 Å². The molecule has 3 aromatic rings. The van der Waals surface area contributed by atoms with Crippen LogP contribution in [0.5, 0.6) is 0 Å². The van der Waals surface area contributed by atoms with E-state index in [0.29, 0.717) is 22.2 Å². The second-order valence-corrected chi connectivity index (χ2v) is 4.81. The van der Waals surface area contributed by atoms with Crippen LogP contribution in [-0.4, -0.2) is 19.6 Å². The molecule has 5 nitrogen and oxygen atoms in total. The van der Waals surface area contributed by atoms with E-state index in [1.165, 1.54) is 0 Å². The zero-order valence-electron chi connectivity index (χ0n) is 10.9. The summed E-state index contributed by atoms with van der Waals surface area (Å²) in [6.07, 6.45) is 0. The van der Waals surface area contributed by atoms with Gasteiger partial charge in [-0.25, -0.2) is 4.98 Å². The SMILES string of the molecule is Cc1nc(Cl)c2nnc(-c3cccc(C#N)c3)n2c1C. The van der Waals surface area contributed by atoms with Crippen LogP contribution in [0.25, 0.3) is 17.0 Å². The summed E-state index contributed by atoms with van der Waals surface area (Å²) in [6.45, 7) is 3.82. The first kappa shape index (κ1) is 12.6. The van der Waals surface area contributed by atoms with Crippen LogP contribution in [-0.2, 0) is 0 Å². The Labute approximate surface area is 120 Å². The van der Waals surface area contributed by atoms with E-state index in [1.54, 1.807) is 12.1 Å². The summed E-state index contributed by atoms with van der Waals surface area (Å²) in [5.41, 5.74) is 3.66. The van der Waals surface area contributed by atoms with Crippen LogP contribution in [0.2, 0.25) is 5.15 Å². The van der Waals surface area contributed by atoms with E-state index < -0.39 is 0 Å². The normalized spacial score (nSPS) is 10.7. The molecule has 98 valence electrons. The van der Waals surface area contributed by atoms with Gasteiger partial charge in [-0.05, 0) is 26.0 Å². The van der Waals surface area contributed by atoms with E-state index in [2.05, 4.69) is 21.3 Å². The molecule has 3 rings (SSSR count). The minimum atomic E-state index is 0.322. The Bertz CT molecular complexity index is 860. The van der Waals surface area contributed by atoms with Crippen molar-refractivity contribution in [3.63, 3.8) is 0 Å². The monoisotopic (exact) mass is 283 g/mol. The molecule has 0 radical (unpaired) electrons. The predicted molar refractivity (Wildman–Crippen MR) is 75.4 cm³/mol. The molecule has 1 aromatic carbocycles. The molecule has 0 N–H and O–H groups in total. The van der Waals surface area contributed by atoms with Crippen LogP contribution >= 0.6 is 11.6 Å². The summed E-state index contributed by atoms with van der Waals surface area (Å²) in [7, 11) is 0. The third-order valence-corrected chi connectivity index (χ3v) is 3.48. The highest BCUT2D eigenvalue weighted by Crippen LogP contribution is 2.24. The highest BCUT2D eigenvalue weighted by molar-refractivity contribution is 6.32. The summed E-state index contributed by atoms with van der Waals surface area (Å²) in [6, 6.07) is 9.35. The van der Waals surface area contributed by atoms with Crippen molar-refractivity contribution in [2.45, 2.75) is 13.8 Å². The summed E-state index contributed by atoms with van der Waals surface area (Å²) >= 11 is 6.11. The number of hydrogen-bond acceptors (Lipinski definition) is 4. The minimum Gasteiger partial charge on any atom is -0.275 e. The molecule has 0 spiro atoms. The number of nitriles is 1. The fourth-order valence-electron chi connectivity index (χ4n) is 2.09. The van der Waals surface area contributed by atoms with Crippen LogP contribution in [0.1, 0.15) is 17.0 Å². The van der Waals surface area contributed by atoms with E-state index >= 15 is 0 Å². The fraction of sp³-hybridized carbons (Fsp3) is 0.143. The van der Waals surface area contributed by atoms with E-state index in [0.717, 1.165) is 17.0 Å². The highest BCUT2D eigenvalue weighted by Gasteiger charge is 2.15. The van der Waals surface area contributed by atoms with Gasteiger partial charge in [0.25, 0.3) is 0 Å². The largest absolute Gasteiger partial charge is 0.275 e. The van der Waals surface area contributed by atoms with Gasteiger partial charge in [-0.1, -0.05) is 23.7 Å². The maximum Gasteiger partial charge on any atom is 0.199 e. The summed E-state index contributed by atoms with van der Waals surface area (Å²) in [5.74, 6) is 0.655. The van der Waals surface area contributed by atoms with Crippen molar-refractivity contribution in [1.82, 2.24) is 19.6 Å². The summed E-state index contributed by atoms with van der Waals surface area (Å²) in [5, 5.41) is 17.6. The van der Waals surface area contributed by atoms with Gasteiger partial charge in [0, 0.05) is 11.3 Å². The first-order valence-corrected chi connectivity index (χ1v) is 6.38. The quantitative estimate of drug-likeness (QED) is 0.688. The maximum absolute atomic E-state index is 8.99. The zero-order valence-corrected chi connectivity index (χ0v) is 11.7. The molecule has 0 saturated heterocycles. The van der Waals surface area contributed by atoms with Gasteiger partial charge in [-0.3, -0.25) is 4.40 Å². The maximum atomic E-state index is 8.99. The third kappa shape index (κ3) is 1.82. The molecule has 6 heteroatoms. The molecule has 0 aliphatic carbocycles. The second-order valence-electron chi connectivity index (χ2n) is 4.45. The Morgan fingerprint density at radius 1 is 1.25 bits per heavy atom. The average Bonchev–Trinajstić information content (AvgIpc) is 2.90. The Balaban J connectivity index is 2.35. The molecule has 0 aliphatic heterocycles. The van der Waals surface area contributed by atoms with Crippen molar-refractivity contribution in [3.05, 3.63) is 46.4 Å². The number of halogens is 1. The molecule has 0 saturated carbocycles. The third-order valence-electron chi connectivity index (χ3n) is 3.22. The van der Waals surface area contributed by atoms with E-state index in [4.69, 9.17) is 16.9 Å². The van der Waals surface area contributed by atoms with Crippen molar-refractivity contribution in [2.75, 3.05) is 0 Å². The van der Waals surface area contributed by atoms with E-state index in [9.17, 15) is 0 Å². The Hall–Kier alpha value is -2.45. The molecule has 0 bridgehead atoms. The number of aryl methyl sites for hydroxylation is 2. The fourth-order valence-corrected chi connectivity index (χ4v) is 2.34. The van der Waals surface area contributed by atoms with Gasteiger partial charge >= 0.3 is 0 Å². The first-order valence-electron chi connectivity index (χ1n) is 6.00. The number of fused-ring (bicyclic) bond motifs is 1. The molecule has 0 atom stereocenters. The lowest BCUT2D eigenvalue weighted by Crippen LogP contribution is -2.01. The molecule has 0 fully saturated rings. The molecule has 2 aromatic heterocycles. The Kier molecular flexibility index (Phi) is 2.88. The van der Waals surface area contributed by atoms with Gasteiger partial charge < -0.3 is 0 Å². The average molecular weight is 284 g/mol. The number of rotatable bonds is 1. The lowest BCUT2D eigenvalue weighted by atomic mass is 10.1. The molecule has 20 heavy (non-hydrogen) atoms. The van der Waals surface area contributed by atoms with Crippen LogP contribution in [0.3, 0.4) is 0 Å². The van der Waals surface area contributed by atoms with Crippen LogP contribution in [0.4, 0.5) is 0 Å². The summed E-state index contributed by atoms with van der Waals surface area (Å²) in [4.78, 5) is 4.23. The topological polar surface area (TPSA) is 66.9 Å². The second kappa shape index (κ2) is 4.58. The van der Waals surface area contributed by atoms with Gasteiger partial charge in [-0.15, -0.1) is 10.2 Å². The van der Waals surface area contributed by atoms with Crippen LogP contribution in [0, 0.1) is 25.2 Å². The lowest BCUT2D eigenvalue weighted by Gasteiger charge is -2.07. The molecular formula is C14H10ClN5. The van der Waals surface area contributed by atoms with Crippen molar-refractivity contribution < 1.29 is 0 Å². The van der Waals surface area contributed by atoms with Crippen molar-refractivity contribution in [1.29, 1.82) is 5.26 Å². The summed E-state index contributed by atoms with van der Waals surface area (Å²) < 4.78 is 1.86. The molecule has 0 amide bonds. The first-order chi connectivity index (χ1) is 9.61. The number of hydrogen-bond donors (Lipinski definition) is 0. The Morgan fingerprint density at radius 2 is 2.05 bits per heavy atom. The number of benzene rings is 1. The molecular weight excluding hydrogens is 274 g/mol. The zero-order chi connectivity index (χ0) is 14.3. The van der Waals surface area contributed by atoms with Crippen molar-refractivity contribution in [3.8, 4) is 17.5 Å². The predicted octanol–water partition coefficient (Wildman–Crippen LogP) is 2.93. The Morgan fingerprint density at radius 3 is 2.80 bits per heavy atom. The van der Waals surface area contributed by atoms with Gasteiger partial charge in [0.05, 0.1) is 17.3 Å². The molecule has 0 unspecified atom stereocenters. The van der Waals surface area contributed by atoms with E-state index in [-0.39, 0.29) is 0 Å². The number of nitrogens with zero attached hydrogens (tertiary/aromatic N) is 5. The minimum absolute atomic E-state index is 0.322. The van der Waals surface area contributed by atoms with E-state index in [1.807, 2.05) is 30.4 Å². The van der Waals surface area contributed by atoms with Crippen LogP contribution in [0.15, 0.2) is 24.3 Å². The van der Waals surface area contributed by atoms with Crippen molar-refractivity contribution in [2.24, 2.45) is 0 Å². The van der Waals surface area contributed by atoms with Gasteiger partial charge in [0.1, 0.15) is 0 Å². The highest BCUT2D eigenvalue weighted by atomic mass is 35.5. The van der Waals surface area contributed by atoms with Gasteiger partial charge in [-0.2, -0.15) is 5.26 Å². The van der Waals surface area contributed by atoms with Crippen molar-refractivity contribution >= 4 is 17.2 Å². The number of aromatic nitrogens is 4. The molecule has 2 heterocycles.